The minimum atomic E-state index is 0.0166. The van der Waals surface area contributed by atoms with Crippen LogP contribution in [0.3, 0.4) is 0 Å². The highest BCUT2D eigenvalue weighted by molar-refractivity contribution is 6.30. The summed E-state index contributed by atoms with van der Waals surface area (Å²) in [6.07, 6.45) is 0.973. The highest BCUT2D eigenvalue weighted by Gasteiger charge is 2.10. The molecular formula is C17H20ClN2O+. The Balaban J connectivity index is 1.75. The molecule has 0 aromatic heterocycles. The minimum absolute atomic E-state index is 0.0166. The molecule has 2 N–H and O–H groups in total. The summed E-state index contributed by atoms with van der Waals surface area (Å²) in [6, 6.07) is 17.5. The van der Waals surface area contributed by atoms with Crippen LogP contribution >= 0.6 is 11.6 Å². The van der Waals surface area contributed by atoms with Crippen molar-refractivity contribution in [2.24, 2.45) is 0 Å². The van der Waals surface area contributed by atoms with Gasteiger partial charge >= 0.3 is 0 Å². The van der Waals surface area contributed by atoms with Gasteiger partial charge in [0.25, 0.3) is 5.91 Å². The average molecular weight is 304 g/mol. The Hall–Kier alpha value is -1.84. The number of benzene rings is 2. The summed E-state index contributed by atoms with van der Waals surface area (Å²) in [5, 5.41) is 3.55. The van der Waals surface area contributed by atoms with Gasteiger partial charge in [0.2, 0.25) is 0 Å². The number of quaternary nitrogens is 1. The third-order valence-electron chi connectivity index (χ3n) is 3.27. The predicted octanol–water partition coefficient (Wildman–Crippen LogP) is 2.04. The number of amides is 1. The van der Waals surface area contributed by atoms with E-state index < -0.39 is 0 Å². The van der Waals surface area contributed by atoms with Crippen molar-refractivity contribution in [3.05, 3.63) is 65.2 Å². The zero-order chi connectivity index (χ0) is 15.1. The monoisotopic (exact) mass is 303 g/mol. The summed E-state index contributed by atoms with van der Waals surface area (Å²) >= 11 is 5.82. The number of likely N-dealkylation sites (N-methyl/N-ethyl adjacent to an activating group) is 1. The Bertz CT molecular complexity index is 569. The number of nitrogens with one attached hydrogen (secondary N) is 2. The molecule has 0 aliphatic carbocycles. The molecule has 1 unspecified atom stereocenters. The van der Waals surface area contributed by atoms with Gasteiger partial charge in [-0.05, 0) is 29.8 Å². The molecule has 4 heteroatoms. The van der Waals surface area contributed by atoms with Crippen LogP contribution < -0.4 is 10.2 Å². The Morgan fingerprint density at radius 2 is 1.76 bits per heavy atom. The Morgan fingerprint density at radius 3 is 2.43 bits per heavy atom. The number of anilines is 1. The largest absolute Gasteiger partial charge is 0.329 e. The molecular weight excluding hydrogens is 284 g/mol. The summed E-state index contributed by atoms with van der Waals surface area (Å²) < 4.78 is 0. The van der Waals surface area contributed by atoms with E-state index in [1.54, 1.807) is 24.3 Å². The van der Waals surface area contributed by atoms with E-state index >= 15 is 0 Å². The summed E-state index contributed by atoms with van der Waals surface area (Å²) in [5.74, 6) is 0.0166. The molecule has 2 aromatic carbocycles. The standard InChI is InChI=1S/C17H19ClN2O/c1-20(12-11-14-5-3-2-4-6-14)13-17(21)19-16-9-7-15(18)8-10-16/h2-10H,11-13H2,1H3,(H,19,21)/p+1. The van der Waals surface area contributed by atoms with Gasteiger partial charge in [-0.25, -0.2) is 0 Å². The molecule has 0 saturated carbocycles. The van der Waals surface area contributed by atoms with E-state index in [4.69, 9.17) is 11.6 Å². The summed E-state index contributed by atoms with van der Waals surface area (Å²) in [4.78, 5) is 13.1. The van der Waals surface area contributed by atoms with Gasteiger partial charge in [0.1, 0.15) is 0 Å². The van der Waals surface area contributed by atoms with Gasteiger partial charge in [-0.3, -0.25) is 4.79 Å². The third kappa shape index (κ3) is 5.58. The van der Waals surface area contributed by atoms with Crippen LogP contribution in [-0.2, 0) is 11.2 Å². The van der Waals surface area contributed by atoms with Crippen molar-refractivity contribution in [1.29, 1.82) is 0 Å². The number of carbonyl (C=O) groups excluding carboxylic acids is 1. The maximum atomic E-state index is 12.0. The van der Waals surface area contributed by atoms with Gasteiger partial charge < -0.3 is 10.2 Å². The maximum Gasteiger partial charge on any atom is 0.279 e. The molecule has 0 radical (unpaired) electrons. The fourth-order valence-corrected chi connectivity index (χ4v) is 2.23. The number of carbonyl (C=O) groups is 1. The Labute approximate surface area is 130 Å². The van der Waals surface area contributed by atoms with Crippen LogP contribution in [0, 0.1) is 0 Å². The predicted molar refractivity (Wildman–Crippen MR) is 86.8 cm³/mol. The van der Waals surface area contributed by atoms with Crippen molar-refractivity contribution in [1.82, 2.24) is 0 Å². The first-order valence-corrected chi connectivity index (χ1v) is 7.42. The number of halogens is 1. The number of hydrogen-bond donors (Lipinski definition) is 2. The summed E-state index contributed by atoms with van der Waals surface area (Å²) in [5.41, 5.74) is 2.08. The van der Waals surface area contributed by atoms with Crippen LogP contribution in [0.5, 0.6) is 0 Å². The number of rotatable bonds is 6. The zero-order valence-electron chi connectivity index (χ0n) is 12.1. The second kappa shape index (κ2) is 7.81. The first-order chi connectivity index (χ1) is 10.1. The van der Waals surface area contributed by atoms with Gasteiger partial charge in [-0.2, -0.15) is 0 Å². The van der Waals surface area contributed by atoms with E-state index in [1.807, 2.05) is 25.2 Å². The molecule has 0 bridgehead atoms. The van der Waals surface area contributed by atoms with Crippen LogP contribution in [0.1, 0.15) is 5.56 Å². The lowest BCUT2D eigenvalue weighted by atomic mass is 10.1. The lowest BCUT2D eigenvalue weighted by Crippen LogP contribution is -3.10. The second-order valence-electron chi connectivity index (χ2n) is 5.17. The molecule has 0 aliphatic rings. The van der Waals surface area contributed by atoms with E-state index in [-0.39, 0.29) is 5.91 Å². The molecule has 21 heavy (non-hydrogen) atoms. The third-order valence-corrected chi connectivity index (χ3v) is 3.53. The fourth-order valence-electron chi connectivity index (χ4n) is 2.10. The van der Waals surface area contributed by atoms with Crippen LogP contribution in [0.4, 0.5) is 5.69 Å². The lowest BCUT2D eigenvalue weighted by molar-refractivity contribution is -0.870. The Kier molecular flexibility index (Phi) is 5.78. The van der Waals surface area contributed by atoms with Crippen LogP contribution in [0.2, 0.25) is 5.02 Å². The van der Waals surface area contributed by atoms with E-state index in [9.17, 15) is 4.79 Å². The number of hydrogen-bond acceptors (Lipinski definition) is 1. The SMILES string of the molecule is C[NH+](CCc1ccccc1)CC(=O)Nc1ccc(Cl)cc1. The smallest absolute Gasteiger partial charge is 0.279 e. The quantitative estimate of drug-likeness (QED) is 0.841. The van der Waals surface area contributed by atoms with Crippen LogP contribution in [0.25, 0.3) is 0 Å². The molecule has 2 rings (SSSR count). The molecule has 0 fully saturated rings. The highest BCUT2D eigenvalue weighted by Crippen LogP contribution is 2.12. The molecule has 110 valence electrons. The average Bonchev–Trinajstić information content (AvgIpc) is 2.48. The summed E-state index contributed by atoms with van der Waals surface area (Å²) in [6.45, 7) is 1.38. The molecule has 0 spiro atoms. The van der Waals surface area contributed by atoms with Crippen LogP contribution in [0.15, 0.2) is 54.6 Å². The molecule has 1 atom stereocenters. The zero-order valence-corrected chi connectivity index (χ0v) is 12.9. The topological polar surface area (TPSA) is 33.5 Å². The van der Waals surface area contributed by atoms with Crippen molar-refractivity contribution in [2.75, 3.05) is 25.5 Å². The van der Waals surface area contributed by atoms with Gasteiger partial charge in [0.05, 0.1) is 13.6 Å². The summed E-state index contributed by atoms with van der Waals surface area (Å²) in [7, 11) is 2.03. The molecule has 0 saturated heterocycles. The first kappa shape index (κ1) is 15.5. The fraction of sp³-hybridized carbons (Fsp3) is 0.235. The molecule has 0 heterocycles. The molecule has 1 amide bonds. The van der Waals surface area contributed by atoms with Gasteiger partial charge in [-0.1, -0.05) is 41.9 Å². The van der Waals surface area contributed by atoms with Crippen molar-refractivity contribution in [3.63, 3.8) is 0 Å². The highest BCUT2D eigenvalue weighted by atomic mass is 35.5. The van der Waals surface area contributed by atoms with E-state index in [1.165, 1.54) is 10.5 Å². The van der Waals surface area contributed by atoms with Crippen molar-refractivity contribution >= 4 is 23.2 Å². The Morgan fingerprint density at radius 1 is 1.10 bits per heavy atom. The van der Waals surface area contributed by atoms with Gasteiger partial charge in [-0.15, -0.1) is 0 Å². The molecule has 0 aliphatic heterocycles. The van der Waals surface area contributed by atoms with Crippen molar-refractivity contribution in [2.45, 2.75) is 6.42 Å². The normalized spacial score (nSPS) is 11.9. The second-order valence-corrected chi connectivity index (χ2v) is 5.61. The first-order valence-electron chi connectivity index (χ1n) is 7.04. The van der Waals surface area contributed by atoms with E-state index in [0.29, 0.717) is 11.6 Å². The lowest BCUT2D eigenvalue weighted by Gasteiger charge is -2.14. The van der Waals surface area contributed by atoms with E-state index in [0.717, 1.165) is 18.7 Å². The van der Waals surface area contributed by atoms with Crippen LogP contribution in [-0.4, -0.2) is 26.0 Å². The van der Waals surface area contributed by atoms with Crippen molar-refractivity contribution in [3.8, 4) is 0 Å². The molecule has 3 nitrogen and oxygen atoms in total. The molecule has 2 aromatic rings. The van der Waals surface area contributed by atoms with E-state index in [2.05, 4.69) is 17.4 Å². The maximum absolute atomic E-state index is 12.0. The van der Waals surface area contributed by atoms with Gasteiger partial charge in [0.15, 0.2) is 6.54 Å². The van der Waals surface area contributed by atoms with Gasteiger partial charge in [0, 0.05) is 17.1 Å². The van der Waals surface area contributed by atoms with Crippen molar-refractivity contribution < 1.29 is 9.69 Å². The minimum Gasteiger partial charge on any atom is -0.329 e.